The Morgan fingerprint density at radius 2 is 2.29 bits per heavy atom. The van der Waals surface area contributed by atoms with Crippen LogP contribution in [0.3, 0.4) is 0 Å². The first kappa shape index (κ1) is 11.7. The van der Waals surface area contributed by atoms with Crippen LogP contribution in [-0.2, 0) is 4.74 Å². The number of aromatic nitrogens is 2. The van der Waals surface area contributed by atoms with Crippen LogP contribution < -0.4 is 5.32 Å². The molecule has 1 aromatic rings. The molecule has 80 valence electrons. The van der Waals surface area contributed by atoms with Gasteiger partial charge in [0, 0.05) is 18.9 Å². The van der Waals surface area contributed by atoms with E-state index in [4.69, 9.17) is 4.74 Å². The Morgan fingerprint density at radius 3 is 3.00 bits per heavy atom. The lowest BCUT2D eigenvalue weighted by molar-refractivity contribution is 0.164. The summed E-state index contributed by atoms with van der Waals surface area (Å²) in [7, 11) is 0. The number of nitrogens with zero attached hydrogens (tertiary/aromatic N) is 2. The fourth-order valence-corrected chi connectivity index (χ4v) is 2.57. The molecule has 0 aliphatic rings. The minimum absolute atomic E-state index is 0.775. The molecule has 0 fully saturated rings. The Bertz CT molecular complexity index is 254. The summed E-state index contributed by atoms with van der Waals surface area (Å²) in [5.41, 5.74) is 0. The van der Waals surface area contributed by atoms with Gasteiger partial charge in [-0.2, -0.15) is 0 Å². The van der Waals surface area contributed by atoms with Gasteiger partial charge in [0.15, 0.2) is 4.34 Å². The standard InChI is InChI=1S/C8H15N3OS2/c1-3-9-7-10-11-8(14-7)13-6-5-12-4-2/h3-6H2,1-2H3,(H,9,10). The minimum atomic E-state index is 0.775. The average Bonchev–Trinajstić information content (AvgIpc) is 2.61. The van der Waals surface area contributed by atoms with E-state index in [1.807, 2.05) is 13.8 Å². The van der Waals surface area contributed by atoms with Crippen LogP contribution in [0.25, 0.3) is 0 Å². The van der Waals surface area contributed by atoms with Crippen molar-refractivity contribution in [2.75, 3.05) is 30.8 Å². The molecule has 0 spiro atoms. The first-order chi connectivity index (χ1) is 6.86. The van der Waals surface area contributed by atoms with Crippen LogP contribution >= 0.6 is 23.1 Å². The quantitative estimate of drug-likeness (QED) is 0.577. The lowest BCUT2D eigenvalue weighted by atomic mass is 10.8. The molecule has 0 saturated heterocycles. The molecular weight excluding hydrogens is 218 g/mol. The zero-order valence-corrected chi connectivity index (χ0v) is 10.1. The Kier molecular flexibility index (Phi) is 5.89. The number of ether oxygens (including phenoxy) is 1. The Labute approximate surface area is 92.5 Å². The number of rotatable bonds is 7. The molecule has 1 rings (SSSR count). The average molecular weight is 233 g/mol. The number of nitrogens with one attached hydrogen (secondary N) is 1. The molecule has 0 aromatic carbocycles. The van der Waals surface area contributed by atoms with Crippen molar-refractivity contribution in [3.63, 3.8) is 0 Å². The second kappa shape index (κ2) is 7.03. The van der Waals surface area contributed by atoms with Crippen LogP contribution in [0.5, 0.6) is 0 Å². The van der Waals surface area contributed by atoms with Crippen molar-refractivity contribution in [2.45, 2.75) is 18.2 Å². The van der Waals surface area contributed by atoms with Crippen molar-refractivity contribution in [1.82, 2.24) is 10.2 Å². The van der Waals surface area contributed by atoms with E-state index in [1.165, 1.54) is 0 Å². The van der Waals surface area contributed by atoms with E-state index in [0.29, 0.717) is 0 Å². The molecule has 0 aliphatic heterocycles. The summed E-state index contributed by atoms with van der Waals surface area (Å²) >= 11 is 3.28. The van der Waals surface area contributed by atoms with Crippen molar-refractivity contribution >= 4 is 28.2 Å². The van der Waals surface area contributed by atoms with Gasteiger partial charge >= 0.3 is 0 Å². The highest BCUT2D eigenvalue weighted by Crippen LogP contribution is 2.24. The summed E-state index contributed by atoms with van der Waals surface area (Å²) < 4.78 is 6.23. The van der Waals surface area contributed by atoms with E-state index in [0.717, 1.165) is 35.0 Å². The van der Waals surface area contributed by atoms with E-state index in [9.17, 15) is 0 Å². The van der Waals surface area contributed by atoms with Crippen LogP contribution in [-0.4, -0.2) is 35.7 Å². The maximum absolute atomic E-state index is 5.23. The van der Waals surface area contributed by atoms with E-state index in [1.54, 1.807) is 23.1 Å². The third kappa shape index (κ3) is 4.26. The number of thioether (sulfide) groups is 1. The molecule has 0 radical (unpaired) electrons. The van der Waals surface area contributed by atoms with Crippen LogP contribution in [0.4, 0.5) is 5.13 Å². The SMILES string of the molecule is CCNc1nnc(SCCOCC)s1. The first-order valence-corrected chi connectivity index (χ1v) is 6.45. The first-order valence-electron chi connectivity index (χ1n) is 4.64. The Hall–Kier alpha value is -0.330. The van der Waals surface area contributed by atoms with Gasteiger partial charge in [0.25, 0.3) is 0 Å². The van der Waals surface area contributed by atoms with Crippen molar-refractivity contribution in [3.8, 4) is 0 Å². The molecule has 14 heavy (non-hydrogen) atoms. The van der Waals surface area contributed by atoms with Gasteiger partial charge in [-0.25, -0.2) is 0 Å². The van der Waals surface area contributed by atoms with Gasteiger partial charge in [0.1, 0.15) is 0 Å². The van der Waals surface area contributed by atoms with Gasteiger partial charge in [-0.3, -0.25) is 0 Å². The molecule has 0 atom stereocenters. The fourth-order valence-electron chi connectivity index (χ4n) is 0.823. The molecule has 0 unspecified atom stereocenters. The molecule has 6 heteroatoms. The van der Waals surface area contributed by atoms with Gasteiger partial charge in [0.2, 0.25) is 5.13 Å². The molecule has 0 bridgehead atoms. The zero-order chi connectivity index (χ0) is 10.2. The zero-order valence-electron chi connectivity index (χ0n) is 8.45. The minimum Gasteiger partial charge on any atom is -0.381 e. The highest BCUT2D eigenvalue weighted by molar-refractivity contribution is 8.01. The monoisotopic (exact) mass is 233 g/mol. The molecule has 1 heterocycles. The topological polar surface area (TPSA) is 47.0 Å². The third-order valence-electron chi connectivity index (χ3n) is 1.39. The number of hydrogen-bond donors (Lipinski definition) is 1. The van der Waals surface area contributed by atoms with Gasteiger partial charge in [0.05, 0.1) is 6.61 Å². The highest BCUT2D eigenvalue weighted by atomic mass is 32.2. The van der Waals surface area contributed by atoms with Crippen molar-refractivity contribution < 1.29 is 4.74 Å². The lowest BCUT2D eigenvalue weighted by Gasteiger charge is -1.97. The summed E-state index contributed by atoms with van der Waals surface area (Å²) in [4.78, 5) is 0. The fraction of sp³-hybridized carbons (Fsp3) is 0.750. The van der Waals surface area contributed by atoms with Crippen LogP contribution in [0.1, 0.15) is 13.8 Å². The molecule has 4 nitrogen and oxygen atoms in total. The van der Waals surface area contributed by atoms with Crippen LogP contribution in [0.2, 0.25) is 0 Å². The summed E-state index contributed by atoms with van der Waals surface area (Å²) in [6.45, 7) is 6.48. The lowest BCUT2D eigenvalue weighted by Crippen LogP contribution is -1.95. The predicted octanol–water partition coefficient (Wildman–Crippen LogP) is 2.10. The van der Waals surface area contributed by atoms with Gasteiger partial charge in [-0.1, -0.05) is 23.1 Å². The molecular formula is C8H15N3OS2. The number of hydrogen-bond acceptors (Lipinski definition) is 6. The predicted molar refractivity (Wildman–Crippen MR) is 61.3 cm³/mol. The van der Waals surface area contributed by atoms with Crippen molar-refractivity contribution in [3.05, 3.63) is 0 Å². The smallest absolute Gasteiger partial charge is 0.206 e. The molecule has 1 N–H and O–H groups in total. The van der Waals surface area contributed by atoms with E-state index < -0.39 is 0 Å². The number of anilines is 1. The largest absolute Gasteiger partial charge is 0.381 e. The van der Waals surface area contributed by atoms with Crippen molar-refractivity contribution in [1.29, 1.82) is 0 Å². The third-order valence-corrected chi connectivity index (χ3v) is 3.37. The molecule has 0 aliphatic carbocycles. The molecule has 0 amide bonds. The van der Waals surface area contributed by atoms with Crippen LogP contribution in [0, 0.1) is 0 Å². The second-order valence-corrected chi connectivity index (χ2v) is 4.77. The Balaban J connectivity index is 2.22. The van der Waals surface area contributed by atoms with E-state index >= 15 is 0 Å². The summed E-state index contributed by atoms with van der Waals surface area (Å²) in [5, 5.41) is 12.1. The van der Waals surface area contributed by atoms with E-state index in [-0.39, 0.29) is 0 Å². The Morgan fingerprint density at radius 1 is 1.43 bits per heavy atom. The second-order valence-electron chi connectivity index (χ2n) is 2.45. The van der Waals surface area contributed by atoms with Gasteiger partial charge < -0.3 is 10.1 Å². The molecule has 0 saturated carbocycles. The maximum Gasteiger partial charge on any atom is 0.206 e. The maximum atomic E-state index is 5.23. The summed E-state index contributed by atoms with van der Waals surface area (Å²) in [6.07, 6.45) is 0. The van der Waals surface area contributed by atoms with Crippen molar-refractivity contribution in [2.24, 2.45) is 0 Å². The summed E-state index contributed by atoms with van der Waals surface area (Å²) in [5.74, 6) is 0.939. The molecule has 1 aromatic heterocycles. The highest BCUT2D eigenvalue weighted by Gasteiger charge is 2.02. The normalized spacial score (nSPS) is 10.4. The van der Waals surface area contributed by atoms with Gasteiger partial charge in [-0.05, 0) is 13.8 Å². The van der Waals surface area contributed by atoms with Gasteiger partial charge in [-0.15, -0.1) is 10.2 Å². The van der Waals surface area contributed by atoms with Crippen LogP contribution in [0.15, 0.2) is 4.34 Å². The van der Waals surface area contributed by atoms with E-state index in [2.05, 4.69) is 15.5 Å². The summed E-state index contributed by atoms with van der Waals surface area (Å²) in [6, 6.07) is 0.